The lowest BCUT2D eigenvalue weighted by Gasteiger charge is -2.21. The Morgan fingerprint density at radius 2 is 2.12 bits per heavy atom. The molecule has 1 aromatic rings. The summed E-state index contributed by atoms with van der Waals surface area (Å²) in [5, 5.41) is 12.1. The van der Waals surface area contributed by atoms with Crippen LogP contribution in [0.2, 0.25) is 0 Å². The molecule has 0 fully saturated rings. The van der Waals surface area contributed by atoms with Crippen LogP contribution in [0.1, 0.15) is 19.4 Å². The first-order valence-corrected chi connectivity index (χ1v) is 5.86. The van der Waals surface area contributed by atoms with Crippen molar-refractivity contribution in [3.8, 4) is 0 Å². The zero-order chi connectivity index (χ0) is 12.3. The highest BCUT2D eigenvalue weighted by atomic mass is 79.9. The van der Waals surface area contributed by atoms with Crippen molar-refractivity contribution in [2.24, 2.45) is 5.41 Å². The van der Waals surface area contributed by atoms with Crippen molar-refractivity contribution >= 4 is 27.6 Å². The number of rotatable bonds is 4. The minimum absolute atomic E-state index is 0.393. The molecule has 0 aromatic heterocycles. The maximum atomic E-state index is 10.9. The predicted octanol–water partition coefficient (Wildman–Crippen LogP) is 3.28. The number of halogens is 1. The molecule has 0 spiro atoms. The molecule has 0 heterocycles. The first kappa shape index (κ1) is 13.0. The smallest absolute Gasteiger partial charge is 0.310 e. The van der Waals surface area contributed by atoms with Gasteiger partial charge in [-0.25, -0.2) is 0 Å². The maximum absolute atomic E-state index is 10.9. The Bertz CT molecular complexity index is 402. The van der Waals surface area contributed by atoms with Gasteiger partial charge in [0.15, 0.2) is 0 Å². The van der Waals surface area contributed by atoms with Crippen LogP contribution in [0.15, 0.2) is 22.7 Å². The second kappa shape index (κ2) is 4.87. The van der Waals surface area contributed by atoms with Gasteiger partial charge in [0, 0.05) is 16.7 Å². The highest BCUT2D eigenvalue weighted by Gasteiger charge is 2.26. The fourth-order valence-corrected chi connectivity index (χ4v) is 1.58. The van der Waals surface area contributed by atoms with Crippen molar-refractivity contribution in [3.05, 3.63) is 28.2 Å². The summed E-state index contributed by atoms with van der Waals surface area (Å²) < 4.78 is 0.983. The van der Waals surface area contributed by atoms with E-state index in [2.05, 4.69) is 21.2 Å². The van der Waals surface area contributed by atoms with Gasteiger partial charge in [-0.3, -0.25) is 4.79 Å². The van der Waals surface area contributed by atoms with E-state index in [0.29, 0.717) is 6.54 Å². The molecule has 0 aliphatic carbocycles. The molecule has 0 saturated heterocycles. The summed E-state index contributed by atoms with van der Waals surface area (Å²) in [4.78, 5) is 10.9. The molecule has 0 atom stereocenters. The van der Waals surface area contributed by atoms with Gasteiger partial charge in [-0.15, -0.1) is 0 Å². The topological polar surface area (TPSA) is 49.3 Å². The first-order chi connectivity index (χ1) is 7.34. The molecule has 0 saturated carbocycles. The van der Waals surface area contributed by atoms with Crippen molar-refractivity contribution in [2.75, 3.05) is 11.9 Å². The normalized spacial score (nSPS) is 11.2. The Labute approximate surface area is 104 Å². The van der Waals surface area contributed by atoms with Crippen LogP contribution in [-0.2, 0) is 4.79 Å². The standard InChI is InChI=1S/C12H16BrNO2/c1-8-5-4-6-9(10(8)13)14-7-12(2,3)11(15)16/h4-6,14H,7H2,1-3H3,(H,15,16). The molecule has 2 N–H and O–H groups in total. The van der Waals surface area contributed by atoms with E-state index in [1.807, 2.05) is 25.1 Å². The minimum Gasteiger partial charge on any atom is -0.481 e. The quantitative estimate of drug-likeness (QED) is 0.893. The lowest BCUT2D eigenvalue weighted by Crippen LogP contribution is -2.31. The van der Waals surface area contributed by atoms with E-state index in [-0.39, 0.29) is 0 Å². The highest BCUT2D eigenvalue weighted by Crippen LogP contribution is 2.27. The average Bonchev–Trinajstić information content (AvgIpc) is 2.20. The van der Waals surface area contributed by atoms with Crippen molar-refractivity contribution in [2.45, 2.75) is 20.8 Å². The van der Waals surface area contributed by atoms with Crippen molar-refractivity contribution in [1.82, 2.24) is 0 Å². The summed E-state index contributed by atoms with van der Waals surface area (Å²) in [5.74, 6) is -0.802. The fraction of sp³-hybridized carbons (Fsp3) is 0.417. The number of hydrogen-bond donors (Lipinski definition) is 2. The van der Waals surface area contributed by atoms with Gasteiger partial charge in [0.1, 0.15) is 0 Å². The zero-order valence-electron chi connectivity index (χ0n) is 9.67. The summed E-state index contributed by atoms with van der Waals surface area (Å²) in [7, 11) is 0. The molecular formula is C12H16BrNO2. The second-order valence-corrected chi connectivity index (χ2v) is 5.27. The largest absolute Gasteiger partial charge is 0.481 e. The number of hydrogen-bond acceptors (Lipinski definition) is 2. The van der Waals surface area contributed by atoms with E-state index in [9.17, 15) is 4.79 Å². The minimum atomic E-state index is -0.802. The molecule has 0 bridgehead atoms. The van der Waals surface area contributed by atoms with E-state index in [1.165, 1.54) is 0 Å². The molecule has 88 valence electrons. The third-order valence-corrected chi connectivity index (χ3v) is 3.54. The molecule has 4 heteroatoms. The van der Waals surface area contributed by atoms with Gasteiger partial charge in [-0.1, -0.05) is 12.1 Å². The van der Waals surface area contributed by atoms with Gasteiger partial charge in [0.25, 0.3) is 0 Å². The number of nitrogens with one attached hydrogen (secondary N) is 1. The van der Waals surface area contributed by atoms with Crippen molar-refractivity contribution in [1.29, 1.82) is 0 Å². The maximum Gasteiger partial charge on any atom is 0.310 e. The Morgan fingerprint density at radius 1 is 1.50 bits per heavy atom. The van der Waals surface area contributed by atoms with Crippen LogP contribution in [0, 0.1) is 12.3 Å². The number of carboxylic acid groups (broad SMARTS) is 1. The molecule has 0 amide bonds. The van der Waals surface area contributed by atoms with Gasteiger partial charge >= 0.3 is 5.97 Å². The van der Waals surface area contributed by atoms with Gasteiger partial charge in [0.05, 0.1) is 5.41 Å². The number of anilines is 1. The molecule has 0 unspecified atom stereocenters. The second-order valence-electron chi connectivity index (χ2n) is 4.48. The third-order valence-electron chi connectivity index (χ3n) is 2.49. The summed E-state index contributed by atoms with van der Waals surface area (Å²) >= 11 is 3.48. The number of aliphatic carboxylic acids is 1. The Hall–Kier alpha value is -1.03. The van der Waals surface area contributed by atoms with Gasteiger partial charge < -0.3 is 10.4 Å². The Balaban J connectivity index is 2.76. The number of benzene rings is 1. The Kier molecular flexibility index (Phi) is 3.97. The van der Waals surface area contributed by atoms with E-state index in [0.717, 1.165) is 15.7 Å². The Morgan fingerprint density at radius 3 is 2.69 bits per heavy atom. The lowest BCUT2D eigenvalue weighted by molar-refractivity contribution is -0.146. The van der Waals surface area contributed by atoms with Crippen LogP contribution in [-0.4, -0.2) is 17.6 Å². The molecule has 1 aromatic carbocycles. The molecule has 0 radical (unpaired) electrons. The zero-order valence-corrected chi connectivity index (χ0v) is 11.3. The van der Waals surface area contributed by atoms with E-state index in [1.54, 1.807) is 13.8 Å². The van der Waals surface area contributed by atoms with Crippen LogP contribution >= 0.6 is 15.9 Å². The monoisotopic (exact) mass is 285 g/mol. The van der Waals surface area contributed by atoms with Crippen LogP contribution in [0.4, 0.5) is 5.69 Å². The molecule has 1 rings (SSSR count). The number of carboxylic acids is 1. The summed E-state index contributed by atoms with van der Waals surface area (Å²) in [6.45, 7) is 5.79. The SMILES string of the molecule is Cc1cccc(NCC(C)(C)C(=O)O)c1Br. The fourth-order valence-electron chi connectivity index (χ4n) is 1.18. The molecule has 0 aliphatic heterocycles. The first-order valence-electron chi connectivity index (χ1n) is 5.07. The third kappa shape index (κ3) is 2.98. The molecular weight excluding hydrogens is 270 g/mol. The predicted molar refractivity (Wildman–Crippen MR) is 68.8 cm³/mol. The van der Waals surface area contributed by atoms with Gasteiger partial charge in [0.2, 0.25) is 0 Å². The summed E-state index contributed by atoms with van der Waals surface area (Å²) in [5.41, 5.74) is 1.27. The van der Waals surface area contributed by atoms with Crippen LogP contribution in [0.25, 0.3) is 0 Å². The van der Waals surface area contributed by atoms with Gasteiger partial charge in [-0.2, -0.15) is 0 Å². The van der Waals surface area contributed by atoms with Crippen LogP contribution in [0.3, 0.4) is 0 Å². The van der Waals surface area contributed by atoms with Crippen LogP contribution < -0.4 is 5.32 Å². The number of carbonyl (C=O) groups is 1. The highest BCUT2D eigenvalue weighted by molar-refractivity contribution is 9.10. The number of aryl methyl sites for hydroxylation is 1. The van der Waals surface area contributed by atoms with Crippen molar-refractivity contribution in [3.63, 3.8) is 0 Å². The van der Waals surface area contributed by atoms with Crippen LogP contribution in [0.5, 0.6) is 0 Å². The van der Waals surface area contributed by atoms with Crippen molar-refractivity contribution < 1.29 is 9.90 Å². The average molecular weight is 286 g/mol. The van der Waals surface area contributed by atoms with E-state index in [4.69, 9.17) is 5.11 Å². The van der Waals surface area contributed by atoms with E-state index >= 15 is 0 Å². The molecule has 0 aliphatic rings. The van der Waals surface area contributed by atoms with E-state index < -0.39 is 11.4 Å². The lowest BCUT2D eigenvalue weighted by atomic mass is 9.94. The molecule has 16 heavy (non-hydrogen) atoms. The van der Waals surface area contributed by atoms with Gasteiger partial charge in [-0.05, 0) is 48.3 Å². The summed E-state index contributed by atoms with van der Waals surface area (Å²) in [6.07, 6.45) is 0. The molecule has 3 nitrogen and oxygen atoms in total. The summed E-state index contributed by atoms with van der Waals surface area (Å²) in [6, 6.07) is 5.86.